The average molecular weight is 270 g/mol. The Kier molecular flexibility index (Phi) is 4.21. The van der Waals surface area contributed by atoms with Gasteiger partial charge in [0.15, 0.2) is 0 Å². The van der Waals surface area contributed by atoms with E-state index >= 15 is 0 Å². The number of rotatable bonds is 5. The Morgan fingerprint density at radius 3 is 2.94 bits per heavy atom. The Bertz CT molecular complexity index is 496. The lowest BCUT2D eigenvalue weighted by Gasteiger charge is -2.12. The van der Waals surface area contributed by atoms with Gasteiger partial charge in [0.25, 0.3) is 0 Å². The van der Waals surface area contributed by atoms with Crippen molar-refractivity contribution in [3.63, 3.8) is 0 Å². The van der Waals surface area contributed by atoms with Crippen molar-refractivity contribution in [2.24, 2.45) is 0 Å². The van der Waals surface area contributed by atoms with E-state index in [4.69, 9.17) is 4.74 Å². The monoisotopic (exact) mass is 270 g/mol. The molecule has 2 rings (SSSR count). The molecule has 1 unspecified atom stereocenters. The van der Waals surface area contributed by atoms with Crippen LogP contribution in [0.1, 0.15) is 12.8 Å². The molecule has 18 heavy (non-hydrogen) atoms. The van der Waals surface area contributed by atoms with Crippen LogP contribution < -0.4 is 10.0 Å². The normalized spacial score (nSPS) is 19.9. The smallest absolute Gasteiger partial charge is 0.240 e. The lowest BCUT2D eigenvalue weighted by atomic mass is 10.2. The molecule has 1 aromatic carbocycles. The van der Waals surface area contributed by atoms with Gasteiger partial charge < -0.3 is 10.1 Å². The van der Waals surface area contributed by atoms with Gasteiger partial charge in [0.1, 0.15) is 0 Å². The summed E-state index contributed by atoms with van der Waals surface area (Å²) in [5.74, 6) is 0. The molecule has 0 aromatic heterocycles. The maximum Gasteiger partial charge on any atom is 0.240 e. The van der Waals surface area contributed by atoms with Gasteiger partial charge in [-0.1, -0.05) is 6.07 Å². The van der Waals surface area contributed by atoms with Crippen molar-refractivity contribution < 1.29 is 13.2 Å². The third-order valence-electron chi connectivity index (χ3n) is 2.97. The molecule has 0 aliphatic carbocycles. The summed E-state index contributed by atoms with van der Waals surface area (Å²) in [6, 6.07) is 6.77. The minimum Gasteiger partial charge on any atom is -0.382 e. The molecule has 1 fully saturated rings. The van der Waals surface area contributed by atoms with Crippen molar-refractivity contribution in [2.45, 2.75) is 23.8 Å². The van der Waals surface area contributed by atoms with Crippen LogP contribution in [-0.2, 0) is 14.8 Å². The molecular weight excluding hydrogens is 252 g/mol. The Labute approximate surface area is 108 Å². The summed E-state index contributed by atoms with van der Waals surface area (Å²) < 4.78 is 31.1. The van der Waals surface area contributed by atoms with E-state index in [9.17, 15) is 8.42 Å². The van der Waals surface area contributed by atoms with E-state index in [0.29, 0.717) is 6.54 Å². The highest BCUT2D eigenvalue weighted by atomic mass is 32.2. The Morgan fingerprint density at radius 1 is 1.44 bits per heavy atom. The summed E-state index contributed by atoms with van der Waals surface area (Å²) >= 11 is 0. The van der Waals surface area contributed by atoms with Gasteiger partial charge in [0.05, 0.1) is 11.0 Å². The molecule has 1 atom stereocenters. The average Bonchev–Trinajstić information content (AvgIpc) is 2.90. The standard InChI is InChI=1S/C12H18N2O3S/c1-13-18(15,16)12-6-2-4-10(8-12)14-9-11-5-3-7-17-11/h2,4,6,8,11,13-14H,3,5,7,9H2,1H3. The first-order chi connectivity index (χ1) is 8.62. The fourth-order valence-corrected chi connectivity index (χ4v) is 2.70. The zero-order valence-corrected chi connectivity index (χ0v) is 11.2. The Hall–Kier alpha value is -1.11. The van der Waals surface area contributed by atoms with Gasteiger partial charge in [-0.3, -0.25) is 0 Å². The van der Waals surface area contributed by atoms with Gasteiger partial charge >= 0.3 is 0 Å². The minimum absolute atomic E-state index is 0.231. The molecule has 1 saturated heterocycles. The summed E-state index contributed by atoms with van der Waals surface area (Å²) in [5.41, 5.74) is 0.793. The number of ether oxygens (including phenoxy) is 1. The van der Waals surface area contributed by atoms with Crippen LogP contribution in [0.2, 0.25) is 0 Å². The van der Waals surface area contributed by atoms with Crippen molar-refractivity contribution in [3.8, 4) is 0 Å². The van der Waals surface area contributed by atoms with E-state index in [2.05, 4.69) is 10.0 Å². The first-order valence-corrected chi connectivity index (χ1v) is 7.49. The molecule has 0 spiro atoms. The fourth-order valence-electron chi connectivity index (χ4n) is 1.93. The summed E-state index contributed by atoms with van der Waals surface area (Å²) in [6.07, 6.45) is 2.39. The van der Waals surface area contributed by atoms with Crippen molar-refractivity contribution in [1.29, 1.82) is 0 Å². The van der Waals surface area contributed by atoms with Crippen LogP contribution in [0, 0.1) is 0 Å². The Morgan fingerprint density at radius 2 is 2.28 bits per heavy atom. The second kappa shape index (κ2) is 5.69. The van der Waals surface area contributed by atoms with E-state index in [1.54, 1.807) is 18.2 Å². The summed E-state index contributed by atoms with van der Waals surface area (Å²) in [6.45, 7) is 1.53. The van der Waals surface area contributed by atoms with E-state index in [1.165, 1.54) is 7.05 Å². The van der Waals surface area contributed by atoms with Crippen LogP contribution in [0.4, 0.5) is 5.69 Å². The topological polar surface area (TPSA) is 67.4 Å². The number of sulfonamides is 1. The van der Waals surface area contributed by atoms with Crippen LogP contribution in [0.5, 0.6) is 0 Å². The summed E-state index contributed by atoms with van der Waals surface area (Å²) in [7, 11) is -1.97. The van der Waals surface area contributed by atoms with E-state index < -0.39 is 10.0 Å². The summed E-state index contributed by atoms with van der Waals surface area (Å²) in [5, 5.41) is 3.21. The number of nitrogens with one attached hydrogen (secondary N) is 2. The highest BCUT2D eigenvalue weighted by Gasteiger charge is 2.15. The molecule has 0 bridgehead atoms. The van der Waals surface area contributed by atoms with E-state index in [-0.39, 0.29) is 11.0 Å². The predicted molar refractivity (Wildman–Crippen MR) is 70.2 cm³/mol. The van der Waals surface area contributed by atoms with Crippen molar-refractivity contribution in [2.75, 3.05) is 25.5 Å². The lowest BCUT2D eigenvalue weighted by Crippen LogP contribution is -2.20. The van der Waals surface area contributed by atoms with Crippen LogP contribution >= 0.6 is 0 Å². The summed E-state index contributed by atoms with van der Waals surface area (Å²) in [4.78, 5) is 0.266. The van der Waals surface area contributed by atoms with Gasteiger partial charge in [-0.05, 0) is 38.1 Å². The van der Waals surface area contributed by atoms with Crippen molar-refractivity contribution in [3.05, 3.63) is 24.3 Å². The molecule has 0 radical (unpaired) electrons. The molecule has 100 valence electrons. The molecule has 1 aliphatic rings. The van der Waals surface area contributed by atoms with Crippen LogP contribution in [0.25, 0.3) is 0 Å². The number of anilines is 1. The molecule has 1 aromatic rings. The van der Waals surface area contributed by atoms with Gasteiger partial charge in [-0.15, -0.1) is 0 Å². The third-order valence-corrected chi connectivity index (χ3v) is 4.38. The molecule has 6 heteroatoms. The van der Waals surface area contributed by atoms with E-state index in [0.717, 1.165) is 25.1 Å². The zero-order valence-electron chi connectivity index (χ0n) is 10.3. The lowest BCUT2D eigenvalue weighted by molar-refractivity contribution is 0.120. The second-order valence-corrected chi connectivity index (χ2v) is 6.14. The first kappa shape index (κ1) is 13.3. The maximum absolute atomic E-state index is 11.7. The van der Waals surface area contributed by atoms with Crippen LogP contribution in [0.15, 0.2) is 29.2 Å². The molecule has 5 nitrogen and oxygen atoms in total. The highest BCUT2D eigenvalue weighted by Crippen LogP contribution is 2.17. The largest absolute Gasteiger partial charge is 0.382 e. The van der Waals surface area contributed by atoms with Gasteiger partial charge in [0, 0.05) is 18.8 Å². The van der Waals surface area contributed by atoms with Gasteiger partial charge in [-0.25, -0.2) is 13.1 Å². The second-order valence-electron chi connectivity index (χ2n) is 4.25. The molecule has 1 aliphatic heterocycles. The number of hydrogen-bond acceptors (Lipinski definition) is 4. The first-order valence-electron chi connectivity index (χ1n) is 6.01. The number of benzene rings is 1. The third kappa shape index (κ3) is 3.22. The highest BCUT2D eigenvalue weighted by molar-refractivity contribution is 7.89. The van der Waals surface area contributed by atoms with Crippen molar-refractivity contribution >= 4 is 15.7 Å². The predicted octanol–water partition coefficient (Wildman–Crippen LogP) is 1.19. The van der Waals surface area contributed by atoms with E-state index in [1.807, 2.05) is 6.07 Å². The van der Waals surface area contributed by atoms with Crippen LogP contribution in [0.3, 0.4) is 0 Å². The minimum atomic E-state index is -3.38. The quantitative estimate of drug-likeness (QED) is 0.843. The van der Waals surface area contributed by atoms with Gasteiger partial charge in [-0.2, -0.15) is 0 Å². The molecule has 0 saturated carbocycles. The molecule has 2 N–H and O–H groups in total. The SMILES string of the molecule is CNS(=O)(=O)c1cccc(NCC2CCCO2)c1. The maximum atomic E-state index is 11.7. The zero-order chi connectivity index (χ0) is 13.0. The van der Waals surface area contributed by atoms with Crippen molar-refractivity contribution in [1.82, 2.24) is 4.72 Å². The van der Waals surface area contributed by atoms with Gasteiger partial charge in [0.2, 0.25) is 10.0 Å². The molecular formula is C12H18N2O3S. The number of hydrogen-bond donors (Lipinski definition) is 2. The Balaban J connectivity index is 2.03. The van der Waals surface area contributed by atoms with Crippen LogP contribution in [-0.4, -0.2) is 34.7 Å². The molecule has 1 heterocycles. The fraction of sp³-hybridized carbons (Fsp3) is 0.500. The molecule has 0 amide bonds.